The minimum Gasteiger partial charge on any atom is -0.495 e. The lowest BCUT2D eigenvalue weighted by molar-refractivity contribution is -0.144. The molecule has 68 heavy (non-hydrogen) atoms. The monoisotopic (exact) mass is 950 g/mol. The molecule has 0 bridgehead atoms. The summed E-state index contributed by atoms with van der Waals surface area (Å²) in [7, 11) is 1.49. The molecule has 2 aromatic heterocycles. The van der Waals surface area contributed by atoms with Gasteiger partial charge in [-0.15, -0.1) is 11.3 Å². The number of amides is 4. The average Bonchev–Trinajstić information content (AvgIpc) is 4.11. The molecule has 362 valence electrons. The second kappa shape index (κ2) is 21.6. The van der Waals surface area contributed by atoms with E-state index in [4.69, 9.17) is 25.3 Å². The van der Waals surface area contributed by atoms with Crippen molar-refractivity contribution in [2.45, 2.75) is 110 Å². The molecule has 4 heterocycles. The number of carbonyl (C=O) groups is 4. The first-order valence-corrected chi connectivity index (χ1v) is 23.9. The van der Waals surface area contributed by atoms with Gasteiger partial charge in [0, 0.05) is 37.7 Å². The maximum atomic E-state index is 14.0. The molecular formula is C48H62N12O7S. The van der Waals surface area contributed by atoms with Crippen LogP contribution in [0.4, 0.5) is 23.1 Å². The lowest BCUT2D eigenvalue weighted by Crippen LogP contribution is -2.58. The van der Waals surface area contributed by atoms with Gasteiger partial charge in [-0.25, -0.2) is 9.97 Å². The van der Waals surface area contributed by atoms with Crippen molar-refractivity contribution in [2.24, 2.45) is 5.41 Å². The molecule has 2 aliphatic heterocycles. The van der Waals surface area contributed by atoms with Gasteiger partial charge >= 0.3 is 0 Å². The van der Waals surface area contributed by atoms with Gasteiger partial charge in [0.25, 0.3) is 5.91 Å². The number of hydrogen-bond donors (Lipinski definition) is 7. The summed E-state index contributed by atoms with van der Waals surface area (Å²) >= 11 is 1.56. The lowest BCUT2D eigenvalue weighted by atomic mass is 9.85. The van der Waals surface area contributed by atoms with Crippen molar-refractivity contribution >= 4 is 70.3 Å². The normalized spacial score (nSPS) is 18.8. The number of nitrogens with zero attached hydrogens (tertiary/aromatic N) is 6. The molecule has 1 saturated heterocycles. The molecule has 4 amide bonds. The van der Waals surface area contributed by atoms with Crippen LogP contribution in [0.5, 0.6) is 5.75 Å². The van der Waals surface area contributed by atoms with Crippen molar-refractivity contribution in [3.05, 3.63) is 71.0 Å². The number of hydrogen-bond acceptors (Lipinski definition) is 15. The number of rotatable bonds is 18. The van der Waals surface area contributed by atoms with E-state index >= 15 is 0 Å². The van der Waals surface area contributed by atoms with E-state index in [2.05, 4.69) is 36.1 Å². The van der Waals surface area contributed by atoms with Crippen LogP contribution in [0.25, 0.3) is 10.4 Å². The van der Waals surface area contributed by atoms with Crippen LogP contribution in [-0.2, 0) is 25.7 Å². The number of aliphatic hydroxyl groups excluding tert-OH is 1. The zero-order valence-electron chi connectivity index (χ0n) is 39.4. The zero-order valence-corrected chi connectivity index (χ0v) is 40.2. The van der Waals surface area contributed by atoms with Crippen LogP contribution in [0.3, 0.4) is 0 Å². The van der Waals surface area contributed by atoms with Crippen LogP contribution in [-0.4, -0.2) is 124 Å². The number of methoxy groups -OCH3 is 1. The van der Waals surface area contributed by atoms with Crippen molar-refractivity contribution in [3.63, 3.8) is 0 Å². The standard InChI is InChI=1S/C48H62N12O7S/c1-7-35-42(50)59(26-49)37-23-53-47(57-43(37)60(35)32-10-8-9-11-32)55-34-17-16-31(20-38(34)66-6)44(63)51-18-19-67-25-39(62)56-41(48(3,4)5)46(65)58-24-33(61)21-36(58)45(64)52-22-29-12-14-30(15-13-29)40-28(2)54-27-68-40/h12-17,20,23,26-27,32-33,35-36,41,49-50,61H,7-11,18-19,21-22,24-25H2,1-6H3,(H,51,63)(H,52,64)(H,56,62)(H,53,55,57)/t33-,35-,36+,41-/m1/s1. The number of aryl methyl sites for hydroxylation is 1. The predicted molar refractivity (Wildman–Crippen MR) is 261 cm³/mol. The number of β-amino-alcohol motifs (C(OH)–C–C–N with tert-alkyl or cyclic N) is 1. The van der Waals surface area contributed by atoms with E-state index in [-0.39, 0.29) is 51.4 Å². The number of benzene rings is 2. The van der Waals surface area contributed by atoms with Crippen molar-refractivity contribution in [2.75, 3.05) is 48.5 Å². The van der Waals surface area contributed by atoms with E-state index in [1.165, 1.54) is 16.9 Å². The van der Waals surface area contributed by atoms with Crippen molar-refractivity contribution in [3.8, 4) is 16.2 Å². The van der Waals surface area contributed by atoms with Gasteiger partial charge in [-0.2, -0.15) is 4.98 Å². The van der Waals surface area contributed by atoms with E-state index in [0.717, 1.165) is 53.7 Å². The van der Waals surface area contributed by atoms with Crippen molar-refractivity contribution < 1.29 is 33.8 Å². The lowest BCUT2D eigenvalue weighted by Gasteiger charge is -2.44. The molecule has 1 aliphatic carbocycles. The Hall–Kier alpha value is -6.51. The van der Waals surface area contributed by atoms with E-state index in [1.807, 2.05) is 38.1 Å². The van der Waals surface area contributed by atoms with Gasteiger partial charge in [-0.1, -0.05) is 64.8 Å². The fraction of sp³-hybridized carbons (Fsp3) is 0.479. The van der Waals surface area contributed by atoms with Crippen LogP contribution in [0.2, 0.25) is 0 Å². The summed E-state index contributed by atoms with van der Waals surface area (Å²) in [5.74, 6) is -0.180. The van der Waals surface area contributed by atoms with Crippen LogP contribution >= 0.6 is 11.3 Å². The smallest absolute Gasteiger partial charge is 0.251 e. The summed E-state index contributed by atoms with van der Waals surface area (Å²) in [5.41, 5.74) is 5.33. The molecule has 20 heteroatoms. The molecule has 2 aromatic carbocycles. The Morgan fingerprint density at radius 2 is 1.81 bits per heavy atom. The van der Waals surface area contributed by atoms with Gasteiger partial charge in [0.15, 0.2) is 5.82 Å². The highest BCUT2D eigenvalue weighted by atomic mass is 32.1. The minimum atomic E-state index is -1.03. The summed E-state index contributed by atoms with van der Waals surface area (Å²) in [6.45, 7) is 9.28. The van der Waals surface area contributed by atoms with Gasteiger partial charge in [0.2, 0.25) is 23.7 Å². The Morgan fingerprint density at radius 3 is 2.47 bits per heavy atom. The highest BCUT2D eigenvalue weighted by molar-refractivity contribution is 7.13. The van der Waals surface area contributed by atoms with Crippen LogP contribution in [0.1, 0.15) is 87.8 Å². The Balaban J connectivity index is 0.894. The molecule has 4 atom stereocenters. The largest absolute Gasteiger partial charge is 0.495 e. The van der Waals surface area contributed by atoms with Gasteiger partial charge in [0.1, 0.15) is 36.0 Å². The molecule has 7 N–H and O–H groups in total. The second-order valence-corrected chi connectivity index (χ2v) is 19.2. The number of amidine groups is 1. The quantitative estimate of drug-likeness (QED) is 0.0388. The first-order valence-electron chi connectivity index (χ1n) is 23.0. The molecule has 3 aliphatic rings. The molecule has 0 spiro atoms. The number of likely N-dealkylation sites (tertiary alicyclic amines) is 1. The van der Waals surface area contributed by atoms with Crippen LogP contribution < -0.4 is 35.8 Å². The minimum absolute atomic E-state index is 0.000449. The third-order valence-electron chi connectivity index (χ3n) is 12.6. The molecular weight excluding hydrogens is 889 g/mol. The molecule has 0 radical (unpaired) electrons. The Kier molecular flexibility index (Phi) is 15.7. The number of anilines is 4. The Bertz CT molecular complexity index is 2490. The SMILES string of the molecule is CC[C@@H]1C(=N)N(C=N)c2cnc(Nc3ccc(C(=O)NCCOCC(=O)N[C@H](C(=O)N4C[C@H](O)C[C@H]4C(=O)NCc4ccc(-c5scnc5C)cc4)C(C)(C)C)cc3OC)nc2N1C1CCCC1. The summed E-state index contributed by atoms with van der Waals surface area (Å²) < 4.78 is 11.2. The highest BCUT2D eigenvalue weighted by Crippen LogP contribution is 2.41. The second-order valence-electron chi connectivity index (χ2n) is 18.3. The van der Waals surface area contributed by atoms with Gasteiger partial charge in [0.05, 0.1) is 60.2 Å². The van der Waals surface area contributed by atoms with Crippen molar-refractivity contribution in [1.82, 2.24) is 35.8 Å². The summed E-state index contributed by atoms with van der Waals surface area (Å²) in [6.07, 6.45) is 6.83. The van der Waals surface area contributed by atoms with E-state index < -0.39 is 47.2 Å². The molecule has 7 rings (SSSR count). The van der Waals surface area contributed by atoms with Gasteiger partial charge < -0.3 is 45.6 Å². The van der Waals surface area contributed by atoms with E-state index in [9.17, 15) is 24.3 Å². The topological polar surface area (TPSA) is 251 Å². The third kappa shape index (κ3) is 11.1. The highest BCUT2D eigenvalue weighted by Gasteiger charge is 2.45. The van der Waals surface area contributed by atoms with Gasteiger partial charge in [-0.05, 0) is 60.9 Å². The zero-order chi connectivity index (χ0) is 48.7. The summed E-state index contributed by atoms with van der Waals surface area (Å²) in [6, 6.07) is 10.8. The number of ether oxygens (including phenoxy) is 2. The Morgan fingerprint density at radius 1 is 1.06 bits per heavy atom. The van der Waals surface area contributed by atoms with Gasteiger partial charge in [-0.3, -0.25) is 34.9 Å². The predicted octanol–water partition coefficient (Wildman–Crippen LogP) is 5.15. The first kappa shape index (κ1) is 49.4. The van der Waals surface area contributed by atoms with Crippen LogP contribution in [0.15, 0.2) is 54.2 Å². The van der Waals surface area contributed by atoms with Crippen molar-refractivity contribution in [1.29, 1.82) is 10.8 Å². The Labute approximate surface area is 400 Å². The maximum Gasteiger partial charge on any atom is 0.251 e. The first-order chi connectivity index (χ1) is 32.6. The number of aromatic nitrogens is 3. The molecule has 4 aromatic rings. The average molecular weight is 951 g/mol. The van der Waals surface area contributed by atoms with Crippen LogP contribution in [0, 0.1) is 23.2 Å². The molecule has 19 nitrogen and oxygen atoms in total. The number of nitrogens with one attached hydrogen (secondary N) is 6. The molecule has 2 fully saturated rings. The fourth-order valence-electron chi connectivity index (χ4n) is 9.04. The summed E-state index contributed by atoms with van der Waals surface area (Å²) in [4.78, 5) is 73.8. The number of carbonyl (C=O) groups excluding carboxylic acids is 4. The maximum absolute atomic E-state index is 14.0. The molecule has 0 unspecified atom stereocenters. The number of thiazole rings is 1. The van der Waals surface area contributed by atoms with E-state index in [0.29, 0.717) is 46.7 Å². The number of aliphatic hydroxyl groups is 1. The summed E-state index contributed by atoms with van der Waals surface area (Å²) in [5, 5.41) is 39.2. The fourth-order valence-corrected chi connectivity index (χ4v) is 9.85. The number of fused-ring (bicyclic) bond motifs is 1. The van der Waals surface area contributed by atoms with E-state index in [1.54, 1.807) is 62.0 Å². The third-order valence-corrected chi connectivity index (χ3v) is 13.6. The molecule has 1 saturated carbocycles.